The molecule has 0 amide bonds. The zero-order valence-electron chi connectivity index (χ0n) is 15.5. The molecule has 2 heteroatoms. The molecule has 1 fully saturated rings. The van der Waals surface area contributed by atoms with E-state index in [1.165, 1.54) is 43.2 Å². The van der Waals surface area contributed by atoms with E-state index >= 15 is 0 Å². The lowest BCUT2D eigenvalue weighted by molar-refractivity contribution is -0.120. The molecular weight excluding hydrogens is 308 g/mol. The van der Waals surface area contributed by atoms with Gasteiger partial charge in [-0.1, -0.05) is 74.2 Å². The second-order valence-corrected chi connectivity index (χ2v) is 7.81. The van der Waals surface area contributed by atoms with Crippen LogP contribution in [0.2, 0.25) is 0 Å². The smallest absolute Gasteiger partial charge is 0.186 e. The van der Waals surface area contributed by atoms with Crippen molar-refractivity contribution < 1.29 is 9.53 Å². The zero-order valence-corrected chi connectivity index (χ0v) is 15.5. The van der Waals surface area contributed by atoms with Crippen molar-refractivity contribution >= 4 is 6.29 Å². The van der Waals surface area contributed by atoms with Crippen LogP contribution < -0.4 is 4.74 Å². The minimum atomic E-state index is -0.976. The van der Waals surface area contributed by atoms with Gasteiger partial charge in [-0.15, -0.1) is 0 Å². The fourth-order valence-electron chi connectivity index (χ4n) is 3.95. The van der Waals surface area contributed by atoms with Gasteiger partial charge in [0, 0.05) is 11.1 Å². The Labute approximate surface area is 151 Å². The Morgan fingerprint density at radius 1 is 1.04 bits per heavy atom. The van der Waals surface area contributed by atoms with Crippen molar-refractivity contribution in [1.29, 1.82) is 0 Å². The average Bonchev–Trinajstić information content (AvgIpc) is 2.64. The van der Waals surface area contributed by atoms with E-state index in [4.69, 9.17) is 4.74 Å². The van der Waals surface area contributed by atoms with Crippen LogP contribution in [0.3, 0.4) is 0 Å². The third-order valence-corrected chi connectivity index (χ3v) is 5.64. The number of carbonyl (C=O) groups excluding carboxylic acids is 1. The number of ether oxygens (including phenoxy) is 1. The van der Waals surface area contributed by atoms with Gasteiger partial charge >= 0.3 is 0 Å². The summed E-state index contributed by atoms with van der Waals surface area (Å²) in [5.74, 6) is 0.841. The molecule has 0 aromatic heterocycles. The first-order valence-corrected chi connectivity index (χ1v) is 9.29. The average molecular weight is 336 g/mol. The van der Waals surface area contributed by atoms with Crippen LogP contribution in [0.1, 0.15) is 62.6 Å². The molecule has 0 aliphatic heterocycles. The number of hydrogen-bond donors (Lipinski definition) is 0. The summed E-state index contributed by atoms with van der Waals surface area (Å²) in [5, 5.41) is 0. The number of hydrogen-bond acceptors (Lipinski definition) is 2. The van der Waals surface area contributed by atoms with Crippen molar-refractivity contribution in [2.45, 2.75) is 63.9 Å². The van der Waals surface area contributed by atoms with Gasteiger partial charge in [0.05, 0.1) is 0 Å². The van der Waals surface area contributed by atoms with Crippen molar-refractivity contribution in [2.24, 2.45) is 0 Å². The van der Waals surface area contributed by atoms with Gasteiger partial charge in [-0.3, -0.25) is 4.79 Å². The molecule has 1 unspecified atom stereocenters. The predicted molar refractivity (Wildman–Crippen MR) is 102 cm³/mol. The van der Waals surface area contributed by atoms with E-state index in [1.54, 1.807) is 0 Å². The van der Waals surface area contributed by atoms with Gasteiger partial charge in [0.15, 0.2) is 11.9 Å². The maximum absolute atomic E-state index is 11.9. The topological polar surface area (TPSA) is 26.3 Å². The van der Waals surface area contributed by atoms with Crippen LogP contribution in [0.4, 0.5) is 0 Å². The SMILES string of the molecule is Cc1ccc(OC(C)(C=O)c2ccccc2)c(C2(C)CCCCC2)c1. The summed E-state index contributed by atoms with van der Waals surface area (Å²) in [5.41, 5.74) is 2.51. The molecule has 0 bridgehead atoms. The summed E-state index contributed by atoms with van der Waals surface area (Å²) < 4.78 is 6.37. The molecular formula is C23H28O2. The van der Waals surface area contributed by atoms with Crippen LogP contribution in [0.15, 0.2) is 48.5 Å². The lowest BCUT2D eigenvalue weighted by Gasteiger charge is -2.37. The third-order valence-electron chi connectivity index (χ3n) is 5.64. The first kappa shape index (κ1) is 17.7. The molecule has 0 spiro atoms. The molecule has 1 aliphatic rings. The van der Waals surface area contributed by atoms with Gasteiger partial charge < -0.3 is 4.74 Å². The van der Waals surface area contributed by atoms with Crippen molar-refractivity contribution in [3.8, 4) is 5.75 Å². The molecule has 0 heterocycles. The number of rotatable bonds is 5. The van der Waals surface area contributed by atoms with Crippen LogP contribution in [0.25, 0.3) is 0 Å². The second-order valence-electron chi connectivity index (χ2n) is 7.81. The van der Waals surface area contributed by atoms with E-state index in [0.29, 0.717) is 0 Å². The monoisotopic (exact) mass is 336 g/mol. The molecule has 132 valence electrons. The van der Waals surface area contributed by atoms with Gasteiger partial charge in [-0.25, -0.2) is 0 Å². The molecule has 3 rings (SSSR count). The highest BCUT2D eigenvalue weighted by Crippen LogP contribution is 2.44. The largest absolute Gasteiger partial charge is 0.475 e. The first-order valence-electron chi connectivity index (χ1n) is 9.29. The fourth-order valence-corrected chi connectivity index (χ4v) is 3.95. The molecule has 25 heavy (non-hydrogen) atoms. The highest BCUT2D eigenvalue weighted by molar-refractivity contribution is 5.66. The number of aryl methyl sites for hydroxylation is 1. The number of aldehydes is 1. The van der Waals surface area contributed by atoms with E-state index < -0.39 is 5.60 Å². The quantitative estimate of drug-likeness (QED) is 0.654. The van der Waals surface area contributed by atoms with Gasteiger partial charge in [0.2, 0.25) is 0 Å². The molecule has 2 aromatic carbocycles. The van der Waals surface area contributed by atoms with E-state index in [9.17, 15) is 4.79 Å². The van der Waals surface area contributed by atoms with Gasteiger partial charge in [-0.2, -0.15) is 0 Å². The summed E-state index contributed by atoms with van der Waals surface area (Å²) in [6, 6.07) is 16.1. The highest BCUT2D eigenvalue weighted by atomic mass is 16.5. The summed E-state index contributed by atoms with van der Waals surface area (Å²) in [4.78, 5) is 11.9. The Balaban J connectivity index is 2.01. The summed E-state index contributed by atoms with van der Waals surface area (Å²) in [7, 11) is 0. The zero-order chi connectivity index (χ0) is 17.9. The molecule has 2 nitrogen and oxygen atoms in total. The third kappa shape index (κ3) is 3.63. The summed E-state index contributed by atoms with van der Waals surface area (Å²) in [6.45, 7) is 6.31. The van der Waals surface area contributed by atoms with Crippen molar-refractivity contribution in [2.75, 3.05) is 0 Å². The molecule has 1 aliphatic carbocycles. The Kier molecular flexibility index (Phi) is 4.99. The Morgan fingerprint density at radius 2 is 1.72 bits per heavy atom. The minimum absolute atomic E-state index is 0.125. The van der Waals surface area contributed by atoms with Gasteiger partial charge in [-0.05, 0) is 38.2 Å². The normalized spacial score (nSPS) is 19.0. The summed E-state index contributed by atoms with van der Waals surface area (Å²) >= 11 is 0. The Morgan fingerprint density at radius 3 is 2.36 bits per heavy atom. The maximum Gasteiger partial charge on any atom is 0.186 e. The summed E-state index contributed by atoms with van der Waals surface area (Å²) in [6.07, 6.45) is 7.09. The Bertz CT molecular complexity index is 729. The van der Waals surface area contributed by atoms with Crippen LogP contribution in [0, 0.1) is 6.92 Å². The molecule has 2 aromatic rings. The highest BCUT2D eigenvalue weighted by Gasteiger charge is 2.35. The maximum atomic E-state index is 11.9. The number of carbonyl (C=O) groups is 1. The van der Waals surface area contributed by atoms with Crippen molar-refractivity contribution in [1.82, 2.24) is 0 Å². The molecule has 1 saturated carbocycles. The predicted octanol–water partition coefficient (Wildman–Crippen LogP) is 5.71. The van der Waals surface area contributed by atoms with Crippen LogP contribution in [-0.2, 0) is 15.8 Å². The van der Waals surface area contributed by atoms with E-state index in [2.05, 4.69) is 26.0 Å². The van der Waals surface area contributed by atoms with E-state index in [1.807, 2.05) is 43.3 Å². The van der Waals surface area contributed by atoms with Crippen molar-refractivity contribution in [3.63, 3.8) is 0 Å². The molecule has 0 saturated heterocycles. The van der Waals surface area contributed by atoms with Crippen molar-refractivity contribution in [3.05, 3.63) is 65.2 Å². The minimum Gasteiger partial charge on any atom is -0.475 e. The van der Waals surface area contributed by atoms with Crippen LogP contribution in [0.5, 0.6) is 5.75 Å². The first-order chi connectivity index (χ1) is 12.0. The lowest BCUT2D eigenvalue weighted by atomic mass is 9.70. The molecule has 0 N–H and O–H groups in total. The Hall–Kier alpha value is -2.09. The van der Waals surface area contributed by atoms with Crippen LogP contribution in [-0.4, -0.2) is 6.29 Å². The fraction of sp³-hybridized carbons (Fsp3) is 0.435. The van der Waals surface area contributed by atoms with E-state index in [-0.39, 0.29) is 5.41 Å². The van der Waals surface area contributed by atoms with E-state index in [0.717, 1.165) is 17.6 Å². The van der Waals surface area contributed by atoms with Crippen LogP contribution >= 0.6 is 0 Å². The van der Waals surface area contributed by atoms with Gasteiger partial charge in [0.25, 0.3) is 0 Å². The van der Waals surface area contributed by atoms with Gasteiger partial charge in [0.1, 0.15) is 5.75 Å². The standard InChI is InChI=1S/C23H28O2/c1-18-12-13-21(20(16-18)22(2)14-8-5-9-15-22)25-23(3,17-24)19-10-6-4-7-11-19/h4,6-7,10-13,16-17H,5,8-9,14-15H2,1-3H3. The molecule has 0 radical (unpaired) electrons. The molecule has 1 atom stereocenters. The second kappa shape index (κ2) is 7.03. The number of benzene rings is 2. The lowest BCUT2D eigenvalue weighted by Crippen LogP contribution is -2.33.